The van der Waals surface area contributed by atoms with E-state index in [0.29, 0.717) is 0 Å². The van der Waals surface area contributed by atoms with Gasteiger partial charge in [-0.1, -0.05) is 0 Å². The van der Waals surface area contributed by atoms with E-state index in [0.717, 1.165) is 6.07 Å². The van der Waals surface area contributed by atoms with Crippen LogP contribution in [0.3, 0.4) is 0 Å². The smallest absolute Gasteiger partial charge is 0.266 e. The summed E-state index contributed by atoms with van der Waals surface area (Å²) < 4.78 is 36.7. The first-order valence-corrected chi connectivity index (χ1v) is 4.00. The Labute approximate surface area is 80.1 Å². The van der Waals surface area contributed by atoms with Crippen LogP contribution >= 0.6 is 22.6 Å². The van der Waals surface area contributed by atoms with Crippen molar-refractivity contribution in [1.29, 1.82) is 0 Å². The second-order valence-corrected chi connectivity index (χ2v) is 3.07. The fourth-order valence-electron chi connectivity index (χ4n) is 0.655. The van der Waals surface area contributed by atoms with Crippen molar-refractivity contribution < 1.29 is 13.2 Å². The Balaban J connectivity index is 3.23. The molecule has 1 aromatic heterocycles. The number of pyridine rings is 1. The quantitative estimate of drug-likeness (QED) is 0.636. The van der Waals surface area contributed by atoms with Gasteiger partial charge in [0.1, 0.15) is 3.70 Å². The van der Waals surface area contributed by atoms with Crippen molar-refractivity contribution in [1.82, 2.24) is 4.98 Å². The minimum atomic E-state index is -2.67. The van der Waals surface area contributed by atoms with Gasteiger partial charge in [0.05, 0.1) is 11.3 Å². The van der Waals surface area contributed by atoms with E-state index in [1.807, 2.05) is 0 Å². The summed E-state index contributed by atoms with van der Waals surface area (Å²) in [4.78, 5) is 3.21. The van der Waals surface area contributed by atoms with Gasteiger partial charge in [0, 0.05) is 0 Å². The van der Waals surface area contributed by atoms with Crippen LogP contribution in [0.4, 0.5) is 18.9 Å². The van der Waals surface area contributed by atoms with E-state index in [1.54, 1.807) is 0 Å². The van der Waals surface area contributed by atoms with Gasteiger partial charge in [-0.2, -0.15) is 4.39 Å². The molecular formula is C6H4F3IN2. The summed E-state index contributed by atoms with van der Waals surface area (Å²) >= 11 is 1.53. The Kier molecular flexibility index (Phi) is 2.76. The Bertz CT molecular complexity index is 303. The van der Waals surface area contributed by atoms with E-state index < -0.39 is 12.4 Å². The van der Waals surface area contributed by atoms with Gasteiger partial charge < -0.3 is 5.73 Å². The average Bonchev–Trinajstić information content (AvgIpc) is 1.96. The topological polar surface area (TPSA) is 38.9 Å². The summed E-state index contributed by atoms with van der Waals surface area (Å²) in [7, 11) is 0. The predicted molar refractivity (Wildman–Crippen MR) is 46.3 cm³/mol. The number of alkyl halides is 2. The molecule has 0 saturated heterocycles. The van der Waals surface area contributed by atoms with Crippen LogP contribution in [-0.4, -0.2) is 4.98 Å². The molecule has 0 aliphatic carbocycles. The first-order chi connectivity index (χ1) is 5.52. The normalized spacial score (nSPS) is 10.8. The van der Waals surface area contributed by atoms with Crippen LogP contribution in [0.15, 0.2) is 6.07 Å². The molecule has 0 unspecified atom stereocenters. The van der Waals surface area contributed by atoms with Gasteiger partial charge in [-0.3, -0.25) is 0 Å². The molecule has 0 radical (unpaired) electrons. The van der Waals surface area contributed by atoms with Gasteiger partial charge in [0.2, 0.25) is 5.95 Å². The maximum atomic E-state index is 12.5. The largest absolute Gasteiger partial charge is 0.395 e. The molecular weight excluding hydrogens is 284 g/mol. The number of hydrogen-bond acceptors (Lipinski definition) is 2. The molecule has 1 rings (SSSR count). The third-order valence-electron chi connectivity index (χ3n) is 1.22. The van der Waals surface area contributed by atoms with Crippen LogP contribution < -0.4 is 5.73 Å². The second-order valence-electron chi connectivity index (χ2n) is 2.05. The van der Waals surface area contributed by atoms with Crippen molar-refractivity contribution in [2.45, 2.75) is 6.43 Å². The van der Waals surface area contributed by atoms with Crippen LogP contribution in [0.5, 0.6) is 0 Å². The standard InChI is InChI=1S/C6H4F3IN2/c7-4(8)2-1-3(11)5(9)12-6(2)10/h1,4H,11H2. The fraction of sp³-hybridized carbons (Fsp3) is 0.167. The van der Waals surface area contributed by atoms with Crippen LogP contribution in [0.25, 0.3) is 0 Å². The highest BCUT2D eigenvalue weighted by Gasteiger charge is 2.15. The number of hydrogen-bond donors (Lipinski definition) is 1. The van der Waals surface area contributed by atoms with Gasteiger partial charge >= 0.3 is 0 Å². The number of nitrogen functional groups attached to an aromatic ring is 1. The summed E-state index contributed by atoms with van der Waals surface area (Å²) in [5.74, 6) is -0.913. The third-order valence-corrected chi connectivity index (χ3v) is 2.08. The Morgan fingerprint density at radius 1 is 1.50 bits per heavy atom. The second kappa shape index (κ2) is 3.46. The highest BCUT2D eigenvalue weighted by atomic mass is 127. The minimum Gasteiger partial charge on any atom is -0.395 e. The monoisotopic (exact) mass is 288 g/mol. The van der Waals surface area contributed by atoms with E-state index in [1.165, 1.54) is 22.6 Å². The SMILES string of the molecule is Nc1cc(C(F)F)c(I)nc1F. The zero-order valence-corrected chi connectivity index (χ0v) is 7.85. The highest BCUT2D eigenvalue weighted by molar-refractivity contribution is 14.1. The average molecular weight is 288 g/mol. The number of aromatic nitrogens is 1. The lowest BCUT2D eigenvalue weighted by atomic mass is 10.3. The number of halogens is 4. The van der Waals surface area contributed by atoms with Crippen LogP contribution in [-0.2, 0) is 0 Å². The van der Waals surface area contributed by atoms with Crippen molar-refractivity contribution in [3.8, 4) is 0 Å². The molecule has 1 aromatic rings. The zero-order chi connectivity index (χ0) is 9.30. The van der Waals surface area contributed by atoms with E-state index in [9.17, 15) is 13.2 Å². The molecule has 0 atom stereocenters. The van der Waals surface area contributed by atoms with E-state index >= 15 is 0 Å². The molecule has 0 spiro atoms. The molecule has 0 bridgehead atoms. The lowest BCUT2D eigenvalue weighted by Crippen LogP contribution is -2.01. The van der Waals surface area contributed by atoms with Crippen molar-refractivity contribution in [2.24, 2.45) is 0 Å². The molecule has 0 fully saturated rings. The Morgan fingerprint density at radius 2 is 2.08 bits per heavy atom. The first-order valence-electron chi connectivity index (χ1n) is 2.92. The first kappa shape index (κ1) is 9.56. The van der Waals surface area contributed by atoms with Gasteiger partial charge in [0.15, 0.2) is 0 Å². The molecule has 0 saturated carbocycles. The van der Waals surface area contributed by atoms with Gasteiger partial charge in [-0.05, 0) is 28.7 Å². The summed E-state index contributed by atoms with van der Waals surface area (Å²) in [5, 5.41) is 0. The summed E-state index contributed by atoms with van der Waals surface area (Å²) in [5.41, 5.74) is 4.36. The van der Waals surface area contributed by atoms with Crippen LogP contribution in [0, 0.1) is 9.65 Å². The summed E-state index contributed by atoms with van der Waals surface area (Å²) in [6, 6.07) is 0.898. The van der Waals surface area contributed by atoms with E-state index in [2.05, 4.69) is 4.98 Å². The van der Waals surface area contributed by atoms with Gasteiger partial charge in [-0.25, -0.2) is 13.8 Å². The van der Waals surface area contributed by atoms with Crippen molar-refractivity contribution in [3.63, 3.8) is 0 Å². The molecule has 6 heteroatoms. The van der Waals surface area contributed by atoms with Crippen LogP contribution in [0.1, 0.15) is 12.0 Å². The molecule has 1 heterocycles. The molecule has 2 N–H and O–H groups in total. The maximum absolute atomic E-state index is 12.5. The zero-order valence-electron chi connectivity index (χ0n) is 5.69. The third kappa shape index (κ3) is 1.79. The van der Waals surface area contributed by atoms with E-state index in [-0.39, 0.29) is 15.0 Å². The molecule has 2 nitrogen and oxygen atoms in total. The lowest BCUT2D eigenvalue weighted by Gasteiger charge is -2.03. The van der Waals surface area contributed by atoms with Crippen LogP contribution in [0.2, 0.25) is 0 Å². The molecule has 0 aliphatic heterocycles. The van der Waals surface area contributed by atoms with Gasteiger partial charge in [-0.15, -0.1) is 0 Å². The van der Waals surface area contributed by atoms with Crippen molar-refractivity contribution >= 4 is 28.3 Å². The number of nitrogens with zero attached hydrogens (tertiary/aromatic N) is 1. The highest BCUT2D eigenvalue weighted by Crippen LogP contribution is 2.25. The van der Waals surface area contributed by atoms with Crippen molar-refractivity contribution in [3.05, 3.63) is 21.3 Å². The van der Waals surface area contributed by atoms with E-state index in [4.69, 9.17) is 5.73 Å². The predicted octanol–water partition coefficient (Wildman–Crippen LogP) is 2.35. The lowest BCUT2D eigenvalue weighted by molar-refractivity contribution is 0.149. The number of rotatable bonds is 1. The Morgan fingerprint density at radius 3 is 2.58 bits per heavy atom. The minimum absolute atomic E-state index is 0.0608. The Hall–Kier alpha value is -0.530. The molecule has 0 amide bonds. The molecule has 0 aromatic carbocycles. The molecule has 66 valence electrons. The van der Waals surface area contributed by atoms with Crippen molar-refractivity contribution in [2.75, 3.05) is 5.73 Å². The van der Waals surface area contributed by atoms with Gasteiger partial charge in [0.25, 0.3) is 6.43 Å². The summed E-state index contributed by atoms with van der Waals surface area (Å²) in [6.45, 7) is 0. The summed E-state index contributed by atoms with van der Waals surface area (Å²) in [6.07, 6.45) is -2.67. The number of nitrogens with two attached hydrogens (primary N) is 1. The maximum Gasteiger partial charge on any atom is 0.266 e. The molecule has 12 heavy (non-hydrogen) atoms. The molecule has 0 aliphatic rings. The fourth-order valence-corrected chi connectivity index (χ4v) is 1.26. The number of anilines is 1.